The predicted octanol–water partition coefficient (Wildman–Crippen LogP) is 4.73. The number of Topliss-reactive ketones (excluding diaryl/α,β-unsaturated/α-hetero) is 1. The number of hydrogen-bond acceptors (Lipinski definition) is 7. The van der Waals surface area contributed by atoms with Crippen LogP contribution in [-0.4, -0.2) is 32.2 Å². The van der Waals surface area contributed by atoms with E-state index in [-0.39, 0.29) is 11.7 Å². The Labute approximate surface area is 194 Å². The Morgan fingerprint density at radius 1 is 1.29 bits per heavy atom. The lowest BCUT2D eigenvalue weighted by Gasteiger charge is -2.19. The minimum atomic E-state index is -0.0771. The summed E-state index contributed by atoms with van der Waals surface area (Å²) < 4.78 is 1.99. The zero-order valence-corrected chi connectivity index (χ0v) is 20.4. The van der Waals surface area contributed by atoms with Crippen LogP contribution in [0.2, 0.25) is 0 Å². The molecule has 0 radical (unpaired) electrons. The Morgan fingerprint density at radius 3 is 2.90 bits per heavy atom. The molecule has 0 bridgehead atoms. The fraction of sp³-hybridized carbons (Fsp3) is 0.455. The maximum absolute atomic E-state index is 12.6. The van der Waals surface area contributed by atoms with Gasteiger partial charge >= 0.3 is 0 Å². The predicted molar refractivity (Wildman–Crippen MR) is 127 cm³/mol. The van der Waals surface area contributed by atoms with Gasteiger partial charge in [0.2, 0.25) is 5.91 Å². The minimum absolute atomic E-state index is 0.0609. The van der Waals surface area contributed by atoms with E-state index >= 15 is 0 Å². The molecule has 1 unspecified atom stereocenters. The van der Waals surface area contributed by atoms with Gasteiger partial charge in [0.05, 0.1) is 22.1 Å². The lowest BCUT2D eigenvalue weighted by atomic mass is 9.87. The van der Waals surface area contributed by atoms with Crippen molar-refractivity contribution in [3.63, 3.8) is 0 Å². The van der Waals surface area contributed by atoms with Crippen LogP contribution in [0, 0.1) is 5.92 Å². The van der Waals surface area contributed by atoms with Crippen LogP contribution in [-0.2, 0) is 31.2 Å². The Bertz CT molecular complexity index is 1100. The van der Waals surface area contributed by atoms with Crippen molar-refractivity contribution in [2.75, 3.05) is 5.75 Å². The number of carbonyl (C=O) groups is 2. The molecule has 0 spiro atoms. The molecule has 3 aromatic heterocycles. The summed E-state index contributed by atoms with van der Waals surface area (Å²) in [7, 11) is 1.96. The normalized spacial score (nSPS) is 15.6. The molecule has 1 N–H and O–H groups in total. The summed E-state index contributed by atoms with van der Waals surface area (Å²) in [5, 5.41) is 12.3. The first-order chi connectivity index (χ1) is 14.9. The standard InChI is InChI=1S/C22H26N4O2S3/c1-4-14-5-7-18-15(9-14)10-20(31-18)21-24-25-22(26(21)3)29-12-17(28)19-8-6-16(30-19)11-23-13(2)27/h6,8,10,14H,4-5,7,9,11-12H2,1-3H3,(H,23,27). The number of hydrogen-bond donors (Lipinski definition) is 1. The molecule has 1 amide bonds. The second-order valence-corrected chi connectivity index (χ2v) is 11.1. The molecule has 9 heteroatoms. The first-order valence-corrected chi connectivity index (χ1v) is 13.1. The molecule has 0 saturated carbocycles. The minimum Gasteiger partial charge on any atom is -0.351 e. The lowest BCUT2D eigenvalue weighted by Crippen LogP contribution is -2.18. The highest BCUT2D eigenvalue weighted by Crippen LogP contribution is 2.38. The Hall–Kier alpha value is -1.97. The molecular formula is C22H26N4O2S3. The molecule has 3 aromatic rings. The second-order valence-electron chi connectivity index (χ2n) is 7.83. The first kappa shape index (κ1) is 22.2. The fourth-order valence-electron chi connectivity index (χ4n) is 3.75. The lowest BCUT2D eigenvalue weighted by molar-refractivity contribution is -0.119. The highest BCUT2D eigenvalue weighted by Gasteiger charge is 2.23. The van der Waals surface area contributed by atoms with E-state index < -0.39 is 0 Å². The first-order valence-electron chi connectivity index (χ1n) is 10.4. The van der Waals surface area contributed by atoms with Gasteiger partial charge < -0.3 is 9.88 Å². The van der Waals surface area contributed by atoms with E-state index in [1.54, 1.807) is 0 Å². The van der Waals surface area contributed by atoms with Crippen LogP contribution in [0.15, 0.2) is 23.4 Å². The number of nitrogens with one attached hydrogen (secondary N) is 1. The van der Waals surface area contributed by atoms with Gasteiger partial charge in [0.25, 0.3) is 0 Å². The molecule has 1 aliphatic carbocycles. The van der Waals surface area contributed by atoms with Crippen molar-refractivity contribution < 1.29 is 9.59 Å². The van der Waals surface area contributed by atoms with Crippen molar-refractivity contribution in [3.05, 3.63) is 38.4 Å². The summed E-state index contributed by atoms with van der Waals surface area (Å²) in [6.07, 6.45) is 4.85. The van der Waals surface area contributed by atoms with Crippen molar-refractivity contribution in [3.8, 4) is 10.7 Å². The molecule has 31 heavy (non-hydrogen) atoms. The molecule has 3 heterocycles. The van der Waals surface area contributed by atoms with Crippen molar-refractivity contribution in [1.29, 1.82) is 0 Å². The molecule has 0 aliphatic heterocycles. The van der Waals surface area contributed by atoms with Gasteiger partial charge in [-0.2, -0.15) is 0 Å². The Morgan fingerprint density at radius 2 is 2.13 bits per heavy atom. The molecule has 0 fully saturated rings. The van der Waals surface area contributed by atoms with Gasteiger partial charge in [-0.1, -0.05) is 25.1 Å². The smallest absolute Gasteiger partial charge is 0.217 e. The van der Waals surface area contributed by atoms with Crippen LogP contribution >= 0.6 is 34.4 Å². The van der Waals surface area contributed by atoms with Crippen molar-refractivity contribution in [2.45, 2.75) is 51.2 Å². The van der Waals surface area contributed by atoms with E-state index in [9.17, 15) is 9.59 Å². The number of aromatic nitrogens is 3. The van der Waals surface area contributed by atoms with Crippen molar-refractivity contribution >= 4 is 46.1 Å². The fourth-order valence-corrected chi connectivity index (χ4v) is 6.75. The van der Waals surface area contributed by atoms with E-state index in [0.717, 1.165) is 33.1 Å². The van der Waals surface area contributed by atoms with Crippen molar-refractivity contribution in [1.82, 2.24) is 20.1 Å². The van der Waals surface area contributed by atoms with Gasteiger partial charge in [-0.15, -0.1) is 32.9 Å². The molecule has 0 aromatic carbocycles. The van der Waals surface area contributed by atoms with E-state index in [4.69, 9.17) is 0 Å². The zero-order valence-electron chi connectivity index (χ0n) is 17.9. The number of amides is 1. The van der Waals surface area contributed by atoms with Gasteiger partial charge in [-0.3, -0.25) is 9.59 Å². The third kappa shape index (κ3) is 5.10. The third-order valence-electron chi connectivity index (χ3n) is 5.60. The number of carbonyl (C=O) groups excluding carboxylic acids is 2. The number of fused-ring (bicyclic) bond motifs is 1. The summed E-state index contributed by atoms with van der Waals surface area (Å²) in [6.45, 7) is 4.21. The summed E-state index contributed by atoms with van der Waals surface area (Å²) in [6, 6.07) is 6.00. The average Bonchev–Trinajstić information content (AvgIpc) is 3.48. The van der Waals surface area contributed by atoms with Crippen LogP contribution < -0.4 is 5.32 Å². The van der Waals surface area contributed by atoms with E-state index in [1.807, 2.05) is 35.1 Å². The summed E-state index contributed by atoms with van der Waals surface area (Å²) >= 11 is 4.67. The summed E-state index contributed by atoms with van der Waals surface area (Å²) in [4.78, 5) is 28.0. The van der Waals surface area contributed by atoms with Gasteiger partial charge in [-0.25, -0.2) is 0 Å². The number of aryl methyl sites for hydroxylation is 1. The SMILES string of the molecule is CCC1CCc2sc(-c3nnc(SCC(=O)c4ccc(CNC(C)=O)s4)n3C)cc2C1. The third-order valence-corrected chi connectivity index (χ3v) is 8.98. The average molecular weight is 475 g/mol. The number of thiophene rings is 2. The molecule has 0 saturated heterocycles. The maximum atomic E-state index is 12.6. The largest absolute Gasteiger partial charge is 0.351 e. The molecule has 1 aliphatic rings. The molecule has 4 rings (SSSR count). The van der Waals surface area contributed by atoms with Crippen LogP contribution in [0.1, 0.15) is 51.7 Å². The van der Waals surface area contributed by atoms with E-state index in [0.29, 0.717) is 17.2 Å². The highest BCUT2D eigenvalue weighted by molar-refractivity contribution is 7.99. The van der Waals surface area contributed by atoms with Crippen LogP contribution in [0.5, 0.6) is 0 Å². The Balaban J connectivity index is 1.40. The quantitative estimate of drug-likeness (QED) is 0.377. The Kier molecular flexibility index (Phi) is 6.93. The number of rotatable bonds is 8. The molecule has 1 atom stereocenters. The summed E-state index contributed by atoms with van der Waals surface area (Å²) in [5.74, 6) is 1.96. The topological polar surface area (TPSA) is 76.9 Å². The number of thioether (sulfide) groups is 1. The highest BCUT2D eigenvalue weighted by atomic mass is 32.2. The summed E-state index contributed by atoms with van der Waals surface area (Å²) in [5.41, 5.74) is 1.47. The number of ketones is 1. The number of nitrogens with zero attached hydrogens (tertiary/aromatic N) is 3. The maximum Gasteiger partial charge on any atom is 0.217 e. The van der Waals surface area contributed by atoms with Gasteiger partial charge in [-0.05, 0) is 48.9 Å². The second kappa shape index (κ2) is 9.67. The van der Waals surface area contributed by atoms with Crippen LogP contribution in [0.4, 0.5) is 0 Å². The van der Waals surface area contributed by atoms with E-state index in [2.05, 4.69) is 28.5 Å². The van der Waals surface area contributed by atoms with E-state index in [1.165, 1.54) is 59.7 Å². The van der Waals surface area contributed by atoms with Crippen LogP contribution in [0.25, 0.3) is 10.7 Å². The molecular weight excluding hydrogens is 448 g/mol. The zero-order chi connectivity index (χ0) is 22.0. The van der Waals surface area contributed by atoms with Crippen LogP contribution in [0.3, 0.4) is 0 Å². The molecule has 164 valence electrons. The van der Waals surface area contributed by atoms with Gasteiger partial charge in [0.1, 0.15) is 0 Å². The van der Waals surface area contributed by atoms with Gasteiger partial charge in [0.15, 0.2) is 16.8 Å². The monoisotopic (exact) mass is 474 g/mol. The molecule has 6 nitrogen and oxygen atoms in total. The van der Waals surface area contributed by atoms with Gasteiger partial charge in [0, 0.05) is 23.7 Å². The van der Waals surface area contributed by atoms with Crippen molar-refractivity contribution in [2.24, 2.45) is 13.0 Å².